The second-order valence-electron chi connectivity index (χ2n) is 14.5. The molecule has 4 aromatic carbocycles. The predicted molar refractivity (Wildman–Crippen MR) is 225 cm³/mol. The standard InChI is InChI=1S/C48H55N3O6/c1-3-5-8-20-39(27-35-16-9-6-10-17-35)48(55)57-34-42(29-40-31-49-45-22-14-13-21-44(40)45)51-47(54)38(15-4-2)30-46(53)50-41(32-52)28-36-23-25-43(26-24-36)56-33-37-18-11-7-12-19-37/h3-4,6-7,9-14,16-19,21-26,31,38-39,41-42,49,52H,1-2,5,8,15,20,27-30,32-34H2,(H,50,53)(H,51,54). The van der Waals surface area contributed by atoms with Gasteiger partial charge in [-0.1, -0.05) is 103 Å². The molecule has 4 unspecified atom stereocenters. The average molecular weight is 770 g/mol. The largest absolute Gasteiger partial charge is 0.489 e. The fourth-order valence-electron chi connectivity index (χ4n) is 6.95. The molecule has 0 bridgehead atoms. The van der Waals surface area contributed by atoms with Crippen LogP contribution in [0.1, 0.15) is 54.4 Å². The molecule has 0 aliphatic heterocycles. The van der Waals surface area contributed by atoms with Crippen molar-refractivity contribution in [1.82, 2.24) is 15.6 Å². The summed E-state index contributed by atoms with van der Waals surface area (Å²) in [6.45, 7) is 7.81. The fraction of sp³-hybridized carbons (Fsp3) is 0.312. The Morgan fingerprint density at radius 1 is 0.737 bits per heavy atom. The highest BCUT2D eigenvalue weighted by Crippen LogP contribution is 2.22. The summed E-state index contributed by atoms with van der Waals surface area (Å²) in [5.41, 5.74) is 4.98. The Morgan fingerprint density at radius 2 is 1.42 bits per heavy atom. The minimum atomic E-state index is -0.728. The van der Waals surface area contributed by atoms with Gasteiger partial charge < -0.3 is 30.2 Å². The van der Waals surface area contributed by atoms with E-state index in [9.17, 15) is 19.5 Å². The van der Waals surface area contributed by atoms with E-state index in [0.717, 1.165) is 51.7 Å². The first-order chi connectivity index (χ1) is 27.8. The summed E-state index contributed by atoms with van der Waals surface area (Å²) < 4.78 is 11.9. The third kappa shape index (κ3) is 13.6. The lowest BCUT2D eigenvalue weighted by Gasteiger charge is -2.24. The van der Waals surface area contributed by atoms with E-state index < -0.39 is 18.0 Å². The van der Waals surface area contributed by atoms with Gasteiger partial charge in [0, 0.05) is 23.5 Å². The number of amides is 2. The van der Waals surface area contributed by atoms with Gasteiger partial charge in [0.2, 0.25) is 11.8 Å². The SMILES string of the molecule is C=CCCCC(Cc1ccccc1)C(=O)OCC(Cc1c[nH]c2ccccc12)NC(=O)C(CC=C)CC(=O)NC(CO)Cc1ccc(OCc2ccccc2)cc1. The molecule has 1 heterocycles. The Bertz CT molecular complexity index is 2010. The van der Waals surface area contributed by atoms with Gasteiger partial charge in [-0.2, -0.15) is 0 Å². The van der Waals surface area contributed by atoms with Crippen LogP contribution in [0.15, 0.2) is 141 Å². The van der Waals surface area contributed by atoms with Gasteiger partial charge in [-0.3, -0.25) is 14.4 Å². The number of ether oxygens (including phenoxy) is 2. The maximum absolute atomic E-state index is 13.9. The minimum absolute atomic E-state index is 0.0352. The number of rotatable bonds is 24. The average Bonchev–Trinajstić information content (AvgIpc) is 3.64. The third-order valence-electron chi connectivity index (χ3n) is 10.0. The Labute approximate surface area is 336 Å². The van der Waals surface area contributed by atoms with Crippen molar-refractivity contribution < 1.29 is 29.0 Å². The molecule has 0 aliphatic rings. The van der Waals surface area contributed by atoms with Gasteiger partial charge in [0.25, 0.3) is 0 Å². The summed E-state index contributed by atoms with van der Waals surface area (Å²) >= 11 is 0. The van der Waals surface area contributed by atoms with Crippen molar-refractivity contribution in [2.75, 3.05) is 13.2 Å². The van der Waals surface area contributed by atoms with Crippen molar-refractivity contribution in [3.8, 4) is 5.75 Å². The smallest absolute Gasteiger partial charge is 0.309 e. The number of H-pyrrole nitrogens is 1. The van der Waals surface area contributed by atoms with Crippen LogP contribution in [0, 0.1) is 11.8 Å². The minimum Gasteiger partial charge on any atom is -0.489 e. The van der Waals surface area contributed by atoms with Gasteiger partial charge in [-0.15, -0.1) is 13.2 Å². The summed E-state index contributed by atoms with van der Waals surface area (Å²) in [6, 6.07) is 34.1. The number of carbonyl (C=O) groups is 3. The number of nitrogens with one attached hydrogen (secondary N) is 3. The Morgan fingerprint density at radius 3 is 2.12 bits per heavy atom. The van der Waals surface area contributed by atoms with E-state index in [-0.39, 0.29) is 49.8 Å². The van der Waals surface area contributed by atoms with Crippen LogP contribution in [-0.2, 0) is 45.0 Å². The molecule has 1 aromatic heterocycles. The highest BCUT2D eigenvalue weighted by atomic mass is 16.5. The summed E-state index contributed by atoms with van der Waals surface area (Å²) in [4.78, 5) is 44.2. The number of aromatic amines is 1. The van der Waals surface area contributed by atoms with Crippen LogP contribution < -0.4 is 15.4 Å². The van der Waals surface area contributed by atoms with E-state index in [2.05, 4.69) is 28.8 Å². The number of para-hydroxylation sites is 1. The summed E-state index contributed by atoms with van der Waals surface area (Å²) in [5, 5.41) is 17.2. The molecule has 0 saturated heterocycles. The number of fused-ring (bicyclic) bond motifs is 1. The van der Waals surface area contributed by atoms with Crippen LogP contribution in [-0.4, -0.2) is 53.2 Å². The lowest BCUT2D eigenvalue weighted by atomic mass is 9.94. The zero-order valence-corrected chi connectivity index (χ0v) is 32.6. The molecule has 0 radical (unpaired) electrons. The number of aliphatic hydroxyl groups excluding tert-OH is 1. The number of hydrogen-bond donors (Lipinski definition) is 4. The summed E-state index contributed by atoms with van der Waals surface area (Å²) in [5.74, 6) is -1.37. The van der Waals surface area contributed by atoms with Crippen LogP contribution in [0.4, 0.5) is 0 Å². The first-order valence-electron chi connectivity index (χ1n) is 19.8. The lowest BCUT2D eigenvalue weighted by molar-refractivity contribution is -0.150. The van der Waals surface area contributed by atoms with E-state index in [0.29, 0.717) is 32.3 Å². The number of aromatic nitrogens is 1. The molecule has 0 aliphatic carbocycles. The van der Waals surface area contributed by atoms with Gasteiger partial charge in [-0.05, 0) is 85.4 Å². The number of hydrogen-bond acceptors (Lipinski definition) is 6. The van der Waals surface area contributed by atoms with Crippen LogP contribution in [0.5, 0.6) is 5.75 Å². The van der Waals surface area contributed by atoms with Crippen molar-refractivity contribution in [3.05, 3.63) is 163 Å². The van der Waals surface area contributed by atoms with E-state index in [1.807, 2.05) is 121 Å². The number of unbranched alkanes of at least 4 members (excludes halogenated alkanes) is 1. The highest BCUT2D eigenvalue weighted by molar-refractivity contribution is 5.87. The van der Waals surface area contributed by atoms with Gasteiger partial charge in [-0.25, -0.2) is 0 Å². The normalized spacial score (nSPS) is 13.1. The quantitative estimate of drug-likeness (QED) is 0.0288. The van der Waals surface area contributed by atoms with Crippen molar-refractivity contribution in [1.29, 1.82) is 0 Å². The van der Waals surface area contributed by atoms with Crippen LogP contribution in [0.2, 0.25) is 0 Å². The maximum Gasteiger partial charge on any atom is 0.309 e. The molecular weight excluding hydrogens is 715 g/mol. The molecular formula is C48H55N3O6. The third-order valence-corrected chi connectivity index (χ3v) is 10.0. The molecule has 9 nitrogen and oxygen atoms in total. The fourth-order valence-corrected chi connectivity index (χ4v) is 6.95. The van der Waals surface area contributed by atoms with Crippen LogP contribution >= 0.6 is 0 Å². The Kier molecular flexibility index (Phi) is 16.7. The number of esters is 1. The number of allylic oxidation sites excluding steroid dienone is 2. The van der Waals surface area contributed by atoms with Gasteiger partial charge in [0.1, 0.15) is 19.0 Å². The predicted octanol–water partition coefficient (Wildman–Crippen LogP) is 7.83. The zero-order chi connectivity index (χ0) is 40.2. The number of aliphatic hydroxyl groups is 1. The van der Waals surface area contributed by atoms with Crippen molar-refractivity contribution in [2.45, 2.75) is 70.1 Å². The van der Waals surface area contributed by atoms with Crippen LogP contribution in [0.25, 0.3) is 10.9 Å². The van der Waals surface area contributed by atoms with E-state index in [1.165, 1.54) is 0 Å². The first kappa shape index (κ1) is 42.2. The van der Waals surface area contributed by atoms with Crippen LogP contribution in [0.3, 0.4) is 0 Å². The monoisotopic (exact) mass is 769 g/mol. The van der Waals surface area contributed by atoms with Gasteiger partial charge >= 0.3 is 5.97 Å². The first-order valence-corrected chi connectivity index (χ1v) is 19.8. The molecule has 2 amide bonds. The number of carbonyl (C=O) groups excluding carboxylic acids is 3. The highest BCUT2D eigenvalue weighted by Gasteiger charge is 2.27. The summed E-state index contributed by atoms with van der Waals surface area (Å²) in [6.07, 6.45) is 9.15. The van der Waals surface area contributed by atoms with Crippen molar-refractivity contribution in [3.63, 3.8) is 0 Å². The van der Waals surface area contributed by atoms with E-state index in [1.54, 1.807) is 6.08 Å². The molecule has 0 fully saturated rings. The molecule has 57 heavy (non-hydrogen) atoms. The summed E-state index contributed by atoms with van der Waals surface area (Å²) in [7, 11) is 0. The second-order valence-corrected chi connectivity index (χ2v) is 14.5. The second kappa shape index (κ2) is 22.6. The van der Waals surface area contributed by atoms with Crippen molar-refractivity contribution >= 4 is 28.7 Å². The van der Waals surface area contributed by atoms with Gasteiger partial charge in [0.15, 0.2) is 0 Å². The molecule has 9 heteroatoms. The van der Waals surface area contributed by atoms with Crippen molar-refractivity contribution in [2.24, 2.45) is 11.8 Å². The lowest BCUT2D eigenvalue weighted by Crippen LogP contribution is -2.45. The van der Waals surface area contributed by atoms with Gasteiger partial charge in [0.05, 0.1) is 30.5 Å². The number of benzene rings is 4. The Balaban J connectivity index is 1.21. The van der Waals surface area contributed by atoms with E-state index in [4.69, 9.17) is 9.47 Å². The molecule has 5 rings (SSSR count). The molecule has 4 atom stereocenters. The zero-order valence-electron chi connectivity index (χ0n) is 32.6. The Hall–Kier alpha value is -5.93. The molecule has 4 N–H and O–H groups in total. The topological polar surface area (TPSA) is 130 Å². The molecule has 298 valence electrons. The molecule has 0 saturated carbocycles. The maximum atomic E-state index is 13.9. The molecule has 5 aromatic rings. The van der Waals surface area contributed by atoms with E-state index >= 15 is 0 Å². The molecule has 0 spiro atoms.